The summed E-state index contributed by atoms with van der Waals surface area (Å²) in [7, 11) is 0. The van der Waals surface area contributed by atoms with Crippen molar-refractivity contribution in [2.75, 3.05) is 0 Å². The Morgan fingerprint density at radius 3 is 0.699 bits per heavy atom. The molecule has 5 heterocycles. The molecule has 484 valence electrons. The summed E-state index contributed by atoms with van der Waals surface area (Å²) in [5.41, 5.74) is 25.5. The third-order valence-corrected chi connectivity index (χ3v) is 22.0. The Balaban J connectivity index is 0.863. The predicted octanol–water partition coefficient (Wildman–Crippen LogP) is 26.0. The van der Waals surface area contributed by atoms with Crippen molar-refractivity contribution >= 4 is 104 Å². The molecular formula is C97H64FN5. The van der Waals surface area contributed by atoms with Gasteiger partial charge < -0.3 is 22.8 Å². The van der Waals surface area contributed by atoms with E-state index in [0.29, 0.717) is 11.1 Å². The van der Waals surface area contributed by atoms with Gasteiger partial charge in [-0.05, 0) is 155 Å². The van der Waals surface area contributed by atoms with Crippen LogP contribution in [-0.4, -0.2) is 22.8 Å². The summed E-state index contributed by atoms with van der Waals surface area (Å²) < 4.78 is 32.6. The number of halogens is 1. The number of rotatable bonds is 10. The summed E-state index contributed by atoms with van der Waals surface area (Å²) in [6.45, 7) is 2.33. The fourth-order valence-corrected chi connectivity index (χ4v) is 17.5. The van der Waals surface area contributed by atoms with E-state index in [4.69, 9.17) is 0 Å². The highest BCUT2D eigenvalue weighted by atomic mass is 19.1. The highest BCUT2D eigenvalue weighted by Gasteiger charge is 2.31. The SMILES string of the molecule is CC1CC=Cc2c1n(-c1ccc(-c3c(F)c(-c4ccc(-n5c6ccccc6c6ccccc65)cc4)c(-c4ccc(-n5c6ccccc6c6ccccc65)cc4)c(-c4ccc(-n5c6ccccc6c6ccccc65)cc4)c3-c3ccc(-n4c5ccccc5c5ccccc54)cc3)cc1)c1ccccc21. The summed E-state index contributed by atoms with van der Waals surface area (Å²) in [6.07, 6.45) is 5.55. The maximum Gasteiger partial charge on any atom is 0.140 e. The molecule has 6 heteroatoms. The van der Waals surface area contributed by atoms with Gasteiger partial charge in [0.25, 0.3) is 0 Å². The van der Waals surface area contributed by atoms with Gasteiger partial charge in [0.05, 0.1) is 49.7 Å². The van der Waals surface area contributed by atoms with E-state index in [-0.39, 0.29) is 11.7 Å². The van der Waals surface area contributed by atoms with Gasteiger partial charge in [0.2, 0.25) is 0 Å². The molecule has 0 N–H and O–H groups in total. The topological polar surface area (TPSA) is 24.6 Å². The van der Waals surface area contributed by atoms with Crippen LogP contribution < -0.4 is 0 Å². The molecule has 103 heavy (non-hydrogen) atoms. The van der Waals surface area contributed by atoms with Gasteiger partial charge in [-0.15, -0.1) is 0 Å². The number of allylic oxidation sites excluding steroid dienone is 1. The first-order chi connectivity index (χ1) is 51.0. The van der Waals surface area contributed by atoms with Gasteiger partial charge in [0.15, 0.2) is 0 Å². The normalized spacial score (nSPS) is 13.2. The maximum atomic E-state index is 20.7. The van der Waals surface area contributed by atoms with Crippen molar-refractivity contribution in [3.05, 3.63) is 363 Å². The largest absolute Gasteiger partial charge is 0.313 e. The Morgan fingerprint density at radius 2 is 0.437 bits per heavy atom. The molecule has 21 rings (SSSR count). The number of para-hydroxylation sites is 9. The number of nitrogens with zero attached hydrogens (tertiary/aromatic N) is 5. The number of hydrogen-bond donors (Lipinski definition) is 0. The van der Waals surface area contributed by atoms with E-state index in [1.165, 1.54) is 59.7 Å². The lowest BCUT2D eigenvalue weighted by Crippen LogP contribution is -2.07. The molecule has 0 fully saturated rings. The molecule has 1 aliphatic carbocycles. The third-order valence-electron chi connectivity index (χ3n) is 22.0. The average Bonchev–Trinajstić information content (AvgIpc) is 1.61. The van der Waals surface area contributed by atoms with Crippen molar-refractivity contribution in [1.82, 2.24) is 22.8 Å². The second kappa shape index (κ2) is 23.1. The van der Waals surface area contributed by atoms with Crippen LogP contribution in [0.2, 0.25) is 0 Å². The molecule has 0 saturated heterocycles. The van der Waals surface area contributed by atoms with E-state index >= 15 is 4.39 Å². The summed E-state index contributed by atoms with van der Waals surface area (Å²) in [6, 6.07) is 122. The Bertz CT molecular complexity index is 6660. The molecule has 0 aliphatic heterocycles. The van der Waals surface area contributed by atoms with Gasteiger partial charge in [0, 0.05) is 116 Å². The highest BCUT2D eigenvalue weighted by molar-refractivity contribution is 6.14. The number of benzene rings is 15. The van der Waals surface area contributed by atoms with Gasteiger partial charge in [-0.25, -0.2) is 4.39 Å². The van der Waals surface area contributed by atoms with Crippen LogP contribution in [0.3, 0.4) is 0 Å². The zero-order valence-electron chi connectivity index (χ0n) is 56.4. The van der Waals surface area contributed by atoms with E-state index < -0.39 is 0 Å². The lowest BCUT2D eigenvalue weighted by Gasteiger charge is -2.26. The van der Waals surface area contributed by atoms with E-state index in [1.807, 2.05) is 0 Å². The van der Waals surface area contributed by atoms with Crippen LogP contribution in [0.15, 0.2) is 346 Å². The van der Waals surface area contributed by atoms with Gasteiger partial charge in [0.1, 0.15) is 5.82 Å². The van der Waals surface area contributed by atoms with Gasteiger partial charge in [-0.3, -0.25) is 0 Å². The number of fused-ring (bicyclic) bond motifs is 15. The monoisotopic (exact) mass is 1320 g/mol. The minimum absolute atomic E-state index is 0.290. The van der Waals surface area contributed by atoms with Crippen molar-refractivity contribution in [3.63, 3.8) is 0 Å². The molecule has 20 aromatic rings. The van der Waals surface area contributed by atoms with E-state index in [2.05, 4.69) is 382 Å². The summed E-state index contributed by atoms with van der Waals surface area (Å²) in [5.74, 6) is -0.0217. The van der Waals surface area contributed by atoms with Crippen molar-refractivity contribution < 1.29 is 4.39 Å². The molecule has 0 saturated carbocycles. The molecular weight excluding hydrogens is 1250 g/mol. The zero-order chi connectivity index (χ0) is 68.0. The second-order valence-corrected chi connectivity index (χ2v) is 27.6. The van der Waals surface area contributed by atoms with Crippen LogP contribution in [0.4, 0.5) is 4.39 Å². The third kappa shape index (κ3) is 8.90. The molecule has 1 unspecified atom stereocenters. The lowest BCUT2D eigenvalue weighted by atomic mass is 9.78. The van der Waals surface area contributed by atoms with Crippen LogP contribution in [0.5, 0.6) is 0 Å². The van der Waals surface area contributed by atoms with Crippen molar-refractivity contribution in [3.8, 4) is 84.1 Å². The standard InChI is InChI=1S/C97H64FN5/c1-61-21-20-31-81-80-30-10-19-40-90(80)103(97(61)81)71-59-49-66(50-60-71)95-93(64-45-55-69(56-46-64)101-86-36-15-6-26-76(86)77-27-7-16-37-87(77)101)91(62-41-51-67(52-42-62)99-82-32-11-2-22-72(82)73-23-3-12-33-83(73)99)92(63-43-53-68(54-44-63)100-84-34-13-4-24-74(84)75-25-5-14-35-85(75)100)94(96(95)98)65-47-57-70(58-48-65)102-88-38-17-8-28-78(88)79-29-9-18-39-89(79)102/h2-20,22-61H,21H2,1H3. The lowest BCUT2D eigenvalue weighted by molar-refractivity contribution is 0.635. The van der Waals surface area contributed by atoms with E-state index in [1.54, 1.807) is 0 Å². The van der Waals surface area contributed by atoms with Crippen LogP contribution in [0, 0.1) is 5.82 Å². The Kier molecular flexibility index (Phi) is 13.2. The van der Waals surface area contributed by atoms with Gasteiger partial charge >= 0.3 is 0 Å². The molecule has 15 aromatic carbocycles. The molecule has 1 atom stereocenters. The van der Waals surface area contributed by atoms with Gasteiger partial charge in [-0.2, -0.15) is 0 Å². The first-order valence-electron chi connectivity index (χ1n) is 35.7. The van der Waals surface area contributed by atoms with E-state index in [0.717, 1.165) is 129 Å². The Hall–Kier alpha value is -13.3. The van der Waals surface area contributed by atoms with Crippen molar-refractivity contribution in [1.29, 1.82) is 0 Å². The molecule has 5 aromatic heterocycles. The number of hydrogen-bond acceptors (Lipinski definition) is 0. The molecule has 0 spiro atoms. The fourth-order valence-electron chi connectivity index (χ4n) is 17.5. The molecule has 0 bridgehead atoms. The van der Waals surface area contributed by atoms with Gasteiger partial charge in [-0.1, -0.05) is 244 Å². The van der Waals surface area contributed by atoms with Crippen LogP contribution in [-0.2, 0) is 0 Å². The second-order valence-electron chi connectivity index (χ2n) is 27.6. The fraction of sp³-hybridized carbons (Fsp3) is 0.0309. The smallest absolute Gasteiger partial charge is 0.140 e. The summed E-state index contributed by atoms with van der Waals surface area (Å²) in [4.78, 5) is 0. The summed E-state index contributed by atoms with van der Waals surface area (Å²) >= 11 is 0. The minimum atomic E-state index is -0.312. The molecule has 0 radical (unpaired) electrons. The molecule has 1 aliphatic rings. The number of aromatic nitrogens is 5. The highest BCUT2D eigenvalue weighted by Crippen LogP contribution is 2.54. The average molecular weight is 1320 g/mol. The van der Waals surface area contributed by atoms with Crippen molar-refractivity contribution in [2.45, 2.75) is 19.3 Å². The quantitative estimate of drug-likeness (QED) is 0.130. The van der Waals surface area contributed by atoms with E-state index in [9.17, 15) is 0 Å². The minimum Gasteiger partial charge on any atom is -0.313 e. The zero-order valence-corrected chi connectivity index (χ0v) is 56.4. The Morgan fingerprint density at radius 1 is 0.233 bits per heavy atom. The van der Waals surface area contributed by atoms with Crippen LogP contribution >= 0.6 is 0 Å². The van der Waals surface area contributed by atoms with Crippen LogP contribution in [0.1, 0.15) is 30.5 Å². The summed E-state index contributed by atoms with van der Waals surface area (Å²) in [5, 5.41) is 10.7. The van der Waals surface area contributed by atoms with Crippen LogP contribution in [0.25, 0.3) is 188 Å². The predicted molar refractivity (Wildman–Crippen MR) is 430 cm³/mol. The molecule has 5 nitrogen and oxygen atoms in total. The first kappa shape index (κ1) is 58.7. The maximum absolute atomic E-state index is 20.7. The Labute approximate surface area is 594 Å². The molecule has 0 amide bonds. The first-order valence-corrected chi connectivity index (χ1v) is 35.7. The van der Waals surface area contributed by atoms with Crippen molar-refractivity contribution in [2.24, 2.45) is 0 Å².